The Morgan fingerprint density at radius 2 is 1.72 bits per heavy atom. The van der Waals surface area contributed by atoms with E-state index < -0.39 is 0 Å². The van der Waals surface area contributed by atoms with Crippen LogP contribution in [0.5, 0.6) is 0 Å². The number of piperazine rings is 1. The van der Waals surface area contributed by atoms with E-state index in [4.69, 9.17) is 4.98 Å². The number of aryl methyl sites for hydroxylation is 2. The number of imide groups is 1. The van der Waals surface area contributed by atoms with Crippen molar-refractivity contribution in [1.82, 2.24) is 40.2 Å². The van der Waals surface area contributed by atoms with Crippen LogP contribution in [-0.4, -0.2) is 98.6 Å². The Morgan fingerprint density at radius 3 is 2.44 bits per heavy atom. The topological polar surface area (TPSA) is 161 Å². The first-order chi connectivity index (χ1) is 29.5. The van der Waals surface area contributed by atoms with Crippen molar-refractivity contribution in [2.24, 2.45) is 0 Å². The first-order valence-corrected chi connectivity index (χ1v) is 21.9. The lowest BCUT2D eigenvalue weighted by Gasteiger charge is -2.43. The molecule has 14 nitrogen and oxygen atoms in total. The van der Waals surface area contributed by atoms with Crippen molar-refractivity contribution in [2.75, 3.05) is 49.5 Å². The number of pyridine rings is 2. The fraction of sp³-hybridized carbons (Fsp3) is 0.447. The number of carbonyl (C=O) groups excluding carboxylic acids is 3. The molecule has 0 saturated carbocycles. The lowest BCUT2D eigenvalue weighted by molar-refractivity contribution is -0.133. The van der Waals surface area contributed by atoms with Crippen LogP contribution in [0.15, 0.2) is 71.8 Å². The number of nitrogens with one attached hydrogen (secondary N) is 4. The Hall–Kier alpha value is -5.86. The maximum Gasteiger partial charge on any atom is 0.253 e. The van der Waals surface area contributed by atoms with Crippen molar-refractivity contribution in [3.63, 3.8) is 0 Å². The number of carbonyl (C=O) groups is 3. The fourth-order valence-corrected chi connectivity index (χ4v) is 9.20. The lowest BCUT2D eigenvalue weighted by Crippen LogP contribution is -2.53. The summed E-state index contributed by atoms with van der Waals surface area (Å²) >= 11 is 0. The monoisotopic (exact) mass is 826 g/mol. The average molecular weight is 827 g/mol. The number of hydrogen-bond donors (Lipinski definition) is 4. The van der Waals surface area contributed by atoms with E-state index >= 15 is 0 Å². The van der Waals surface area contributed by atoms with E-state index in [1.807, 2.05) is 42.1 Å². The summed E-state index contributed by atoms with van der Waals surface area (Å²) < 4.78 is 1.94. The molecule has 4 N–H and O–H groups in total. The minimum Gasteiger partial charge on any atom is -0.374 e. The van der Waals surface area contributed by atoms with Crippen LogP contribution in [-0.2, 0) is 29.1 Å². The second-order valence-electron chi connectivity index (χ2n) is 17.1. The number of benzene rings is 2. The molecule has 3 fully saturated rings. The van der Waals surface area contributed by atoms with Crippen LogP contribution < -0.4 is 26.4 Å². The van der Waals surface area contributed by atoms with Gasteiger partial charge in [0.05, 0.1) is 17.3 Å². The first-order valence-electron chi connectivity index (χ1n) is 21.9. The minimum absolute atomic E-state index is 0.0960. The maximum atomic E-state index is 13.9. The van der Waals surface area contributed by atoms with Gasteiger partial charge < -0.3 is 20.5 Å². The highest BCUT2D eigenvalue weighted by Gasteiger charge is 2.29. The molecule has 8 rings (SSSR count). The number of aromatic amines is 1. The van der Waals surface area contributed by atoms with Crippen LogP contribution in [0.1, 0.15) is 91.7 Å². The molecule has 2 aromatic carbocycles. The van der Waals surface area contributed by atoms with Gasteiger partial charge in [-0.25, -0.2) is 4.98 Å². The van der Waals surface area contributed by atoms with Gasteiger partial charge in [-0.2, -0.15) is 5.10 Å². The van der Waals surface area contributed by atoms with Crippen molar-refractivity contribution >= 4 is 40.1 Å². The number of piperidine rings is 2. The smallest absolute Gasteiger partial charge is 0.253 e. The highest BCUT2D eigenvalue weighted by molar-refractivity contribution is 6.08. The van der Waals surface area contributed by atoms with E-state index in [1.165, 1.54) is 5.56 Å². The molecule has 3 aromatic heterocycles. The Balaban J connectivity index is 0.870. The lowest BCUT2D eigenvalue weighted by atomic mass is 10.00. The normalized spacial score (nSPS) is 18.2. The van der Waals surface area contributed by atoms with Crippen LogP contribution in [0.2, 0.25) is 0 Å². The molecule has 3 aliphatic heterocycles. The van der Waals surface area contributed by atoms with Gasteiger partial charge in [0.25, 0.3) is 11.5 Å². The first kappa shape index (κ1) is 41.9. The summed E-state index contributed by atoms with van der Waals surface area (Å²) in [6.45, 7) is 15.0. The van der Waals surface area contributed by atoms with Gasteiger partial charge in [-0.15, -0.1) is 0 Å². The number of hydrogen-bond acceptors (Lipinski definition) is 10. The van der Waals surface area contributed by atoms with Crippen molar-refractivity contribution in [1.29, 1.82) is 0 Å². The number of anilines is 2. The Labute approximate surface area is 357 Å². The molecule has 0 bridgehead atoms. The van der Waals surface area contributed by atoms with Gasteiger partial charge in [0, 0.05) is 91.9 Å². The summed E-state index contributed by atoms with van der Waals surface area (Å²) in [5.41, 5.74) is 7.51. The number of fused-ring (bicyclic) bond motifs is 1. The van der Waals surface area contributed by atoms with E-state index in [-0.39, 0.29) is 41.9 Å². The van der Waals surface area contributed by atoms with Crippen LogP contribution in [0, 0.1) is 6.92 Å². The van der Waals surface area contributed by atoms with E-state index in [0.29, 0.717) is 30.0 Å². The molecule has 61 heavy (non-hydrogen) atoms. The number of likely N-dealkylation sites (tertiary alicyclic amines) is 1. The molecule has 14 heteroatoms. The van der Waals surface area contributed by atoms with E-state index in [0.717, 1.165) is 116 Å². The largest absolute Gasteiger partial charge is 0.374 e. The maximum absolute atomic E-state index is 13.9. The Bertz CT molecular complexity index is 2440. The third-order valence-corrected chi connectivity index (χ3v) is 12.5. The van der Waals surface area contributed by atoms with E-state index in [9.17, 15) is 19.2 Å². The SMILES string of the molecule is CCCc1cc(C)[nH]c(=O)c1CNC(=O)c1cc(-c2ccc(N3CCN(C4CCN(Cc5cccc(NC6CCC(=O)NC6=O)c5)CC4)CC3)nc2)cc2c1cnn2C(C)C. The molecule has 320 valence electrons. The number of amides is 3. The van der Waals surface area contributed by atoms with Crippen molar-refractivity contribution in [3.8, 4) is 11.1 Å². The molecular weight excluding hydrogens is 769 g/mol. The van der Waals surface area contributed by atoms with Gasteiger partial charge in [0.2, 0.25) is 11.8 Å². The molecule has 1 unspecified atom stereocenters. The quantitative estimate of drug-likeness (QED) is 0.111. The standard InChI is InChI=1S/C47H58N10O4/c1-5-7-33-22-31(4)51-46(60)39(33)27-49-45(59)38-24-35(25-42-40(38)28-50-57(42)30(2)3)34-10-12-43(48-26-34)56-20-18-55(19-21-56)37-14-16-54(17-15-37)29-32-8-6-9-36(23-32)52-41-11-13-44(58)53-47(41)61/h6,8-10,12,22-26,28,30,37,41,52H,5,7,11,13-21,27,29H2,1-4H3,(H,49,59)(H,51,60)(H,53,58,61). The predicted molar refractivity (Wildman–Crippen MR) is 239 cm³/mol. The zero-order chi connectivity index (χ0) is 42.6. The molecule has 5 aromatic rings. The van der Waals surface area contributed by atoms with Crippen LogP contribution >= 0.6 is 0 Å². The van der Waals surface area contributed by atoms with Gasteiger partial charge in [-0.05, 0) is 119 Å². The van der Waals surface area contributed by atoms with Gasteiger partial charge in [-0.3, -0.25) is 39.0 Å². The van der Waals surface area contributed by atoms with Crippen LogP contribution in [0.25, 0.3) is 22.0 Å². The Morgan fingerprint density at radius 1 is 0.918 bits per heavy atom. The molecule has 3 aliphatic rings. The van der Waals surface area contributed by atoms with Gasteiger partial charge in [0.15, 0.2) is 0 Å². The molecule has 1 atom stereocenters. The minimum atomic E-state index is -0.387. The summed E-state index contributed by atoms with van der Waals surface area (Å²) in [4.78, 5) is 66.0. The van der Waals surface area contributed by atoms with Gasteiger partial charge in [-0.1, -0.05) is 25.5 Å². The van der Waals surface area contributed by atoms with Crippen molar-refractivity contribution in [2.45, 2.75) is 97.4 Å². The molecule has 0 aliphatic carbocycles. The number of H-pyrrole nitrogens is 1. The number of rotatable bonds is 13. The second kappa shape index (κ2) is 18.4. The fourth-order valence-electron chi connectivity index (χ4n) is 9.20. The molecule has 3 amide bonds. The molecule has 3 saturated heterocycles. The van der Waals surface area contributed by atoms with E-state index in [2.05, 4.69) is 91.8 Å². The number of aromatic nitrogens is 4. The van der Waals surface area contributed by atoms with Gasteiger partial charge in [0.1, 0.15) is 11.9 Å². The number of nitrogens with zero attached hydrogens (tertiary/aromatic N) is 6. The highest BCUT2D eigenvalue weighted by atomic mass is 16.2. The van der Waals surface area contributed by atoms with Crippen LogP contribution in [0.3, 0.4) is 0 Å². The summed E-state index contributed by atoms with van der Waals surface area (Å²) in [6.07, 6.45) is 8.46. The summed E-state index contributed by atoms with van der Waals surface area (Å²) in [7, 11) is 0. The highest BCUT2D eigenvalue weighted by Crippen LogP contribution is 2.31. The molecule has 0 spiro atoms. The predicted octanol–water partition coefficient (Wildman–Crippen LogP) is 5.56. The summed E-state index contributed by atoms with van der Waals surface area (Å²) in [6, 6.07) is 18.7. The molecular formula is C47H58N10O4. The Kier molecular flexibility index (Phi) is 12.6. The summed E-state index contributed by atoms with van der Waals surface area (Å²) in [5, 5.41) is 14.2. The molecule has 6 heterocycles. The van der Waals surface area contributed by atoms with Crippen molar-refractivity contribution in [3.05, 3.63) is 105 Å². The van der Waals surface area contributed by atoms with E-state index in [1.54, 1.807) is 6.20 Å². The second-order valence-corrected chi connectivity index (χ2v) is 17.1. The molecule has 0 radical (unpaired) electrons. The zero-order valence-electron chi connectivity index (χ0n) is 35.8. The van der Waals surface area contributed by atoms with Crippen molar-refractivity contribution < 1.29 is 14.4 Å². The zero-order valence-corrected chi connectivity index (χ0v) is 35.8. The average Bonchev–Trinajstić information content (AvgIpc) is 3.69. The third-order valence-electron chi connectivity index (χ3n) is 12.5. The van der Waals surface area contributed by atoms with Crippen LogP contribution in [0.4, 0.5) is 11.5 Å². The summed E-state index contributed by atoms with van der Waals surface area (Å²) in [5.74, 6) is 0.236. The van der Waals surface area contributed by atoms with Gasteiger partial charge >= 0.3 is 0 Å². The third kappa shape index (κ3) is 9.55.